The highest BCUT2D eigenvalue weighted by Crippen LogP contribution is 2.28. The molecule has 0 heterocycles. The first-order valence-electron chi connectivity index (χ1n) is 20.0. The minimum atomic E-state index is -1.18. The van der Waals surface area contributed by atoms with Gasteiger partial charge < -0.3 is 31.1 Å². The number of esters is 1. The summed E-state index contributed by atoms with van der Waals surface area (Å²) in [5.74, 6) is -3.73. The van der Waals surface area contributed by atoms with E-state index in [2.05, 4.69) is 21.3 Å². The number of carboxylic acid groups (broad SMARTS) is 1. The predicted octanol–water partition coefficient (Wildman–Crippen LogP) is 11.4. The van der Waals surface area contributed by atoms with Crippen LogP contribution in [0, 0.1) is 13.8 Å². The Balaban J connectivity index is 0.000000251. The third kappa shape index (κ3) is 14.0. The van der Waals surface area contributed by atoms with Crippen molar-refractivity contribution in [3.05, 3.63) is 196 Å². The fourth-order valence-corrected chi connectivity index (χ4v) is 8.33. The third-order valence-electron chi connectivity index (χ3n) is 9.98. The van der Waals surface area contributed by atoms with Crippen LogP contribution in [0.15, 0.2) is 121 Å². The van der Waals surface area contributed by atoms with Crippen molar-refractivity contribution in [3.63, 3.8) is 0 Å². The number of anilines is 2. The molecule has 5 N–H and O–H groups in total. The molecular formula is C49H40Cl6N4O8. The molecule has 2 unspecified atom stereocenters. The van der Waals surface area contributed by atoms with Gasteiger partial charge in [0.2, 0.25) is 0 Å². The van der Waals surface area contributed by atoms with Crippen LogP contribution in [0.5, 0.6) is 0 Å². The number of carbonyl (C=O) groups excluding carboxylic acids is 5. The molecule has 0 aliphatic rings. The van der Waals surface area contributed by atoms with Crippen molar-refractivity contribution in [1.82, 2.24) is 10.6 Å². The summed E-state index contributed by atoms with van der Waals surface area (Å²) in [6.07, 6.45) is 0.210. The number of aliphatic carboxylic acids is 1. The number of aryl methyl sites for hydroxylation is 2. The summed E-state index contributed by atoms with van der Waals surface area (Å²) >= 11 is 36.6. The molecule has 0 bridgehead atoms. The Morgan fingerprint density at radius 3 is 1.10 bits per heavy atom. The first-order valence-corrected chi connectivity index (χ1v) is 22.3. The zero-order valence-corrected chi connectivity index (χ0v) is 40.2. The number of carboxylic acids is 1. The Morgan fingerprint density at radius 1 is 0.463 bits per heavy atom. The van der Waals surface area contributed by atoms with E-state index in [1.807, 2.05) is 0 Å². The highest BCUT2D eigenvalue weighted by atomic mass is 35.5. The number of methoxy groups -OCH3 is 1. The lowest BCUT2D eigenvalue weighted by atomic mass is 10.0. The molecule has 0 radical (unpaired) electrons. The molecule has 0 saturated heterocycles. The molecule has 0 saturated carbocycles. The van der Waals surface area contributed by atoms with E-state index in [1.54, 1.807) is 135 Å². The first kappa shape index (κ1) is 51.9. The molecule has 12 nitrogen and oxygen atoms in total. The molecule has 67 heavy (non-hydrogen) atoms. The second kappa shape index (κ2) is 24.1. The van der Waals surface area contributed by atoms with Crippen LogP contribution >= 0.6 is 69.6 Å². The van der Waals surface area contributed by atoms with Crippen LogP contribution in [0.3, 0.4) is 0 Å². The molecule has 0 aliphatic heterocycles. The van der Waals surface area contributed by atoms with Gasteiger partial charge in [-0.2, -0.15) is 0 Å². The second-order valence-electron chi connectivity index (χ2n) is 14.7. The molecule has 0 spiro atoms. The lowest BCUT2D eigenvalue weighted by Crippen LogP contribution is -2.43. The lowest BCUT2D eigenvalue weighted by molar-refractivity contribution is -0.143. The molecule has 6 aromatic carbocycles. The maximum absolute atomic E-state index is 12.8. The molecule has 18 heteroatoms. The van der Waals surface area contributed by atoms with Gasteiger partial charge in [-0.3, -0.25) is 19.2 Å². The molecule has 4 amide bonds. The average molecular weight is 1030 g/mol. The van der Waals surface area contributed by atoms with Crippen LogP contribution in [0.25, 0.3) is 0 Å². The molecule has 2 atom stereocenters. The quantitative estimate of drug-likeness (QED) is 0.0669. The van der Waals surface area contributed by atoms with Gasteiger partial charge in [0.25, 0.3) is 23.6 Å². The van der Waals surface area contributed by atoms with E-state index >= 15 is 0 Å². The Morgan fingerprint density at radius 2 is 0.776 bits per heavy atom. The minimum absolute atomic E-state index is 0.0368. The van der Waals surface area contributed by atoms with E-state index in [-0.39, 0.29) is 54.6 Å². The number of benzene rings is 6. The van der Waals surface area contributed by atoms with Crippen LogP contribution < -0.4 is 21.3 Å². The third-order valence-corrected chi connectivity index (χ3v) is 11.9. The van der Waals surface area contributed by atoms with Crippen LogP contribution in [0.2, 0.25) is 30.1 Å². The molecular weight excluding hydrogens is 985 g/mol. The summed E-state index contributed by atoms with van der Waals surface area (Å²) in [5, 5.41) is 21.7. The minimum Gasteiger partial charge on any atom is -0.480 e. The number of hydrogen-bond acceptors (Lipinski definition) is 7. The number of halogens is 6. The van der Waals surface area contributed by atoms with Gasteiger partial charge in [0.1, 0.15) is 12.1 Å². The van der Waals surface area contributed by atoms with Gasteiger partial charge in [-0.25, -0.2) is 9.59 Å². The number of hydrogen-bond donors (Lipinski definition) is 5. The van der Waals surface area contributed by atoms with Crippen LogP contribution in [-0.2, 0) is 27.2 Å². The van der Waals surface area contributed by atoms with E-state index in [0.717, 1.165) is 5.56 Å². The highest BCUT2D eigenvalue weighted by Gasteiger charge is 2.26. The molecule has 6 rings (SSSR count). The van der Waals surface area contributed by atoms with E-state index < -0.39 is 47.7 Å². The lowest BCUT2D eigenvalue weighted by Gasteiger charge is -2.18. The van der Waals surface area contributed by atoms with Crippen molar-refractivity contribution in [2.24, 2.45) is 0 Å². The van der Waals surface area contributed by atoms with E-state index in [1.165, 1.54) is 7.11 Å². The van der Waals surface area contributed by atoms with Gasteiger partial charge in [0.05, 0.1) is 59.5 Å². The smallest absolute Gasteiger partial charge is 0.328 e. The SMILES string of the molecule is COC(=O)C(Cc1ccc(NC(=O)c2c(Cl)cccc2Cl)cc1)NC(=O)c1c(C)cccc1Cl.Cc1cccc(Cl)c1C(=O)NC(Cc1ccc(NC(=O)c2c(Cl)cccc2Cl)cc1)C(=O)O. The van der Waals surface area contributed by atoms with E-state index in [9.17, 15) is 33.9 Å². The fourth-order valence-electron chi connectivity index (χ4n) is 6.57. The molecule has 0 fully saturated rings. The van der Waals surface area contributed by atoms with Crippen molar-refractivity contribution in [3.8, 4) is 0 Å². The molecule has 0 aliphatic carbocycles. The van der Waals surface area contributed by atoms with Gasteiger partial charge in [0.15, 0.2) is 0 Å². The van der Waals surface area contributed by atoms with E-state index in [0.29, 0.717) is 38.7 Å². The monoisotopic (exact) mass is 1020 g/mol. The summed E-state index contributed by atoms with van der Waals surface area (Å²) in [6, 6.07) is 31.0. The van der Waals surface area contributed by atoms with Gasteiger partial charge in [-0.15, -0.1) is 0 Å². The maximum atomic E-state index is 12.8. The van der Waals surface area contributed by atoms with Crippen LogP contribution in [-0.4, -0.2) is 59.9 Å². The molecule has 6 aromatic rings. The topological polar surface area (TPSA) is 180 Å². The summed E-state index contributed by atoms with van der Waals surface area (Å²) in [4.78, 5) is 74.6. The second-order valence-corrected chi connectivity index (χ2v) is 17.1. The predicted molar refractivity (Wildman–Crippen MR) is 264 cm³/mol. The average Bonchev–Trinajstić information content (AvgIpc) is 3.27. The van der Waals surface area contributed by atoms with Gasteiger partial charge in [-0.1, -0.05) is 130 Å². The summed E-state index contributed by atoms with van der Waals surface area (Å²) < 4.78 is 4.86. The van der Waals surface area contributed by atoms with Crippen molar-refractivity contribution in [2.75, 3.05) is 17.7 Å². The number of ether oxygens (including phenoxy) is 1. The standard InChI is InChI=1S/C25H21Cl3N2O4.C24H19Cl3N2O4/c1-14-5-3-6-17(26)21(14)23(31)30-20(25(33)34-2)13-15-9-11-16(12-10-15)29-24(32)22-18(27)7-4-8-19(22)28;1-13-4-2-5-16(25)20(13)22(30)29-19(24(32)33)12-14-8-10-15(11-9-14)28-23(31)21-17(26)6-3-7-18(21)27/h3-12,20H,13H2,1-2H3,(H,29,32)(H,30,31);2-11,19H,12H2,1H3,(H,28,31)(H,29,30)(H,32,33). The van der Waals surface area contributed by atoms with Crippen molar-refractivity contribution >= 4 is 117 Å². The fraction of sp³-hybridized carbons (Fsp3) is 0.143. The maximum Gasteiger partial charge on any atom is 0.328 e. The summed E-state index contributed by atoms with van der Waals surface area (Å²) in [7, 11) is 1.25. The number of amides is 4. The molecule has 346 valence electrons. The summed E-state index contributed by atoms with van der Waals surface area (Å²) in [5.41, 5.74) is 4.57. The summed E-state index contributed by atoms with van der Waals surface area (Å²) in [6.45, 7) is 3.48. The van der Waals surface area contributed by atoms with Crippen molar-refractivity contribution in [2.45, 2.75) is 38.8 Å². The van der Waals surface area contributed by atoms with Crippen LogP contribution in [0.1, 0.15) is 63.7 Å². The Labute approximate surface area is 415 Å². The van der Waals surface area contributed by atoms with Gasteiger partial charge in [0, 0.05) is 24.2 Å². The number of nitrogens with one attached hydrogen (secondary N) is 4. The van der Waals surface area contributed by atoms with Crippen LogP contribution in [0.4, 0.5) is 11.4 Å². The number of rotatable bonds is 14. The largest absolute Gasteiger partial charge is 0.480 e. The zero-order valence-electron chi connectivity index (χ0n) is 35.7. The normalized spacial score (nSPS) is 11.5. The van der Waals surface area contributed by atoms with Crippen molar-refractivity contribution < 1.29 is 38.6 Å². The van der Waals surface area contributed by atoms with Crippen molar-refractivity contribution in [1.29, 1.82) is 0 Å². The first-order chi connectivity index (χ1) is 31.9. The number of carbonyl (C=O) groups is 6. The molecule has 0 aromatic heterocycles. The van der Waals surface area contributed by atoms with Gasteiger partial charge in [-0.05, 0) is 96.8 Å². The highest BCUT2D eigenvalue weighted by molar-refractivity contribution is 6.41. The zero-order chi connectivity index (χ0) is 48.9. The Kier molecular flexibility index (Phi) is 18.6. The van der Waals surface area contributed by atoms with E-state index in [4.69, 9.17) is 74.3 Å². The van der Waals surface area contributed by atoms with Gasteiger partial charge >= 0.3 is 11.9 Å². The Bertz CT molecular complexity index is 2740. The Hall–Kier alpha value is -6.12.